The molecule has 1 unspecified atom stereocenters. The van der Waals surface area contributed by atoms with Crippen molar-refractivity contribution < 1.29 is 18.7 Å². The summed E-state index contributed by atoms with van der Waals surface area (Å²) in [6.45, 7) is 5.70. The molecule has 0 radical (unpaired) electrons. The van der Waals surface area contributed by atoms with Gasteiger partial charge in [-0.1, -0.05) is 13.0 Å². The molecule has 1 saturated heterocycles. The van der Waals surface area contributed by atoms with Gasteiger partial charge >= 0.3 is 5.97 Å². The van der Waals surface area contributed by atoms with Crippen molar-refractivity contribution in [2.24, 2.45) is 11.1 Å². The number of halogens is 1. The number of hydrogen-bond donors (Lipinski definition) is 1. The average molecular weight is 369 g/mol. The van der Waals surface area contributed by atoms with Gasteiger partial charge in [-0.15, -0.1) is 12.4 Å². The standard InChI is InChI=1S/C18H24N2O4.ClH/c1-18(10-19)6-7-20(11-18)9-12-4-5-14(22-2)16-13(12)8-15(24-16)17(21)23-3;/h4-5,8H,6-7,9-11,19H2,1-3H3;1H. The van der Waals surface area contributed by atoms with Gasteiger partial charge in [0.15, 0.2) is 11.3 Å². The minimum Gasteiger partial charge on any atom is -0.493 e. The molecule has 138 valence electrons. The molecule has 2 aromatic rings. The normalized spacial score (nSPS) is 20.5. The van der Waals surface area contributed by atoms with Gasteiger partial charge in [-0.2, -0.15) is 0 Å². The van der Waals surface area contributed by atoms with E-state index in [1.807, 2.05) is 12.1 Å². The van der Waals surface area contributed by atoms with E-state index in [0.29, 0.717) is 17.9 Å². The molecule has 1 atom stereocenters. The van der Waals surface area contributed by atoms with Gasteiger partial charge in [0.1, 0.15) is 0 Å². The minimum atomic E-state index is -0.490. The van der Waals surface area contributed by atoms with Crippen molar-refractivity contribution in [3.05, 3.63) is 29.5 Å². The van der Waals surface area contributed by atoms with Crippen molar-refractivity contribution in [3.63, 3.8) is 0 Å². The van der Waals surface area contributed by atoms with Gasteiger partial charge < -0.3 is 19.6 Å². The summed E-state index contributed by atoms with van der Waals surface area (Å²) in [7, 11) is 2.92. The number of nitrogens with two attached hydrogens (primary N) is 1. The molecule has 1 aliphatic rings. The van der Waals surface area contributed by atoms with E-state index in [9.17, 15) is 4.79 Å². The zero-order valence-electron chi connectivity index (χ0n) is 14.8. The Bertz CT molecular complexity index is 761. The van der Waals surface area contributed by atoms with E-state index < -0.39 is 5.97 Å². The molecule has 1 aromatic heterocycles. The lowest BCUT2D eigenvalue weighted by Gasteiger charge is -2.22. The number of hydrogen-bond acceptors (Lipinski definition) is 6. The maximum Gasteiger partial charge on any atom is 0.373 e. The summed E-state index contributed by atoms with van der Waals surface area (Å²) < 4.78 is 15.8. The maximum absolute atomic E-state index is 11.8. The first-order chi connectivity index (χ1) is 11.5. The molecular formula is C18H25ClN2O4. The number of furan rings is 1. The zero-order chi connectivity index (χ0) is 17.3. The Hall–Kier alpha value is -1.76. The van der Waals surface area contributed by atoms with E-state index in [2.05, 4.69) is 11.8 Å². The number of likely N-dealkylation sites (tertiary alicyclic amines) is 1. The van der Waals surface area contributed by atoms with Crippen LogP contribution in [0.4, 0.5) is 0 Å². The number of methoxy groups -OCH3 is 2. The van der Waals surface area contributed by atoms with E-state index in [0.717, 1.165) is 37.0 Å². The van der Waals surface area contributed by atoms with Crippen LogP contribution in [0.3, 0.4) is 0 Å². The number of ether oxygens (including phenoxy) is 2. The van der Waals surface area contributed by atoms with Crippen LogP contribution < -0.4 is 10.5 Å². The van der Waals surface area contributed by atoms with Crippen molar-refractivity contribution in [2.45, 2.75) is 19.9 Å². The van der Waals surface area contributed by atoms with Gasteiger partial charge in [-0.25, -0.2) is 4.79 Å². The molecule has 3 rings (SSSR count). The molecule has 0 saturated carbocycles. The summed E-state index contributed by atoms with van der Waals surface area (Å²) in [5, 5.41) is 0.885. The Kier molecular flexibility index (Phi) is 5.98. The number of fused-ring (bicyclic) bond motifs is 1. The third-order valence-electron chi connectivity index (χ3n) is 4.87. The summed E-state index contributed by atoms with van der Waals surface area (Å²) >= 11 is 0. The Balaban J connectivity index is 0.00000225. The minimum absolute atomic E-state index is 0. The quantitative estimate of drug-likeness (QED) is 0.817. The van der Waals surface area contributed by atoms with Crippen molar-refractivity contribution in [3.8, 4) is 5.75 Å². The van der Waals surface area contributed by atoms with E-state index >= 15 is 0 Å². The number of nitrogens with zero attached hydrogens (tertiary/aromatic N) is 1. The molecule has 7 heteroatoms. The zero-order valence-corrected chi connectivity index (χ0v) is 15.6. The Morgan fingerprint density at radius 2 is 2.16 bits per heavy atom. The van der Waals surface area contributed by atoms with Crippen LogP contribution in [0.25, 0.3) is 11.0 Å². The second kappa shape index (κ2) is 7.64. The van der Waals surface area contributed by atoms with Crippen LogP contribution in [-0.4, -0.2) is 44.7 Å². The van der Waals surface area contributed by atoms with Gasteiger partial charge in [0.2, 0.25) is 5.76 Å². The van der Waals surface area contributed by atoms with Gasteiger partial charge in [0.05, 0.1) is 14.2 Å². The van der Waals surface area contributed by atoms with Crippen LogP contribution in [0.1, 0.15) is 29.5 Å². The lowest BCUT2D eigenvalue weighted by Crippen LogP contribution is -2.31. The predicted octanol–water partition coefficient (Wildman–Crippen LogP) is 2.82. The van der Waals surface area contributed by atoms with E-state index in [-0.39, 0.29) is 23.6 Å². The number of esters is 1. The van der Waals surface area contributed by atoms with Gasteiger partial charge in [0.25, 0.3) is 0 Å². The molecule has 0 bridgehead atoms. The SMILES string of the molecule is COC(=O)c1cc2c(CN3CCC(C)(CN)C3)ccc(OC)c2o1.Cl. The average Bonchev–Trinajstić information content (AvgIpc) is 3.19. The van der Waals surface area contributed by atoms with Crippen LogP contribution >= 0.6 is 12.4 Å². The molecule has 0 spiro atoms. The maximum atomic E-state index is 11.8. The molecular weight excluding hydrogens is 344 g/mol. The van der Waals surface area contributed by atoms with Gasteiger partial charge in [-0.3, -0.25) is 4.90 Å². The third-order valence-corrected chi connectivity index (χ3v) is 4.87. The molecule has 0 amide bonds. The summed E-state index contributed by atoms with van der Waals surface area (Å²) in [6, 6.07) is 5.63. The number of benzene rings is 1. The second-order valence-electron chi connectivity index (χ2n) is 6.75. The fourth-order valence-corrected chi connectivity index (χ4v) is 3.32. The number of carbonyl (C=O) groups is 1. The van der Waals surface area contributed by atoms with E-state index in [1.54, 1.807) is 13.2 Å². The molecule has 2 N–H and O–H groups in total. The molecule has 25 heavy (non-hydrogen) atoms. The summed E-state index contributed by atoms with van der Waals surface area (Å²) in [6.07, 6.45) is 1.10. The highest BCUT2D eigenvalue weighted by atomic mass is 35.5. The summed E-state index contributed by atoms with van der Waals surface area (Å²) in [4.78, 5) is 14.2. The first-order valence-corrected chi connectivity index (χ1v) is 8.10. The lowest BCUT2D eigenvalue weighted by atomic mass is 9.90. The molecule has 1 aromatic carbocycles. The third kappa shape index (κ3) is 3.76. The highest BCUT2D eigenvalue weighted by Crippen LogP contribution is 2.34. The van der Waals surface area contributed by atoms with Crippen LogP contribution in [0.2, 0.25) is 0 Å². The monoisotopic (exact) mass is 368 g/mol. The first kappa shape index (κ1) is 19.6. The molecule has 1 fully saturated rings. The molecule has 6 nitrogen and oxygen atoms in total. The highest BCUT2D eigenvalue weighted by molar-refractivity contribution is 5.95. The Morgan fingerprint density at radius 3 is 2.76 bits per heavy atom. The number of rotatable bonds is 5. The van der Waals surface area contributed by atoms with Crippen LogP contribution in [0.5, 0.6) is 5.75 Å². The largest absolute Gasteiger partial charge is 0.493 e. The predicted molar refractivity (Wildman–Crippen MR) is 98.4 cm³/mol. The van der Waals surface area contributed by atoms with E-state index in [1.165, 1.54) is 7.11 Å². The van der Waals surface area contributed by atoms with Gasteiger partial charge in [-0.05, 0) is 42.6 Å². The van der Waals surface area contributed by atoms with Crippen molar-refractivity contribution in [2.75, 3.05) is 33.9 Å². The summed E-state index contributed by atoms with van der Waals surface area (Å²) in [5.74, 6) is 0.305. The molecule has 0 aliphatic carbocycles. The first-order valence-electron chi connectivity index (χ1n) is 8.10. The van der Waals surface area contributed by atoms with E-state index in [4.69, 9.17) is 19.6 Å². The Labute approximate surface area is 153 Å². The second-order valence-corrected chi connectivity index (χ2v) is 6.75. The molecule has 2 heterocycles. The van der Waals surface area contributed by atoms with Crippen LogP contribution in [0, 0.1) is 5.41 Å². The van der Waals surface area contributed by atoms with Crippen molar-refractivity contribution >= 4 is 29.3 Å². The van der Waals surface area contributed by atoms with Crippen molar-refractivity contribution in [1.82, 2.24) is 4.90 Å². The van der Waals surface area contributed by atoms with Gasteiger partial charge in [0, 0.05) is 18.5 Å². The smallest absolute Gasteiger partial charge is 0.373 e. The number of carbonyl (C=O) groups excluding carboxylic acids is 1. The fraction of sp³-hybridized carbons (Fsp3) is 0.500. The Morgan fingerprint density at radius 1 is 1.40 bits per heavy atom. The summed E-state index contributed by atoms with van der Waals surface area (Å²) in [5.41, 5.74) is 7.76. The topological polar surface area (TPSA) is 77.9 Å². The highest BCUT2D eigenvalue weighted by Gasteiger charge is 2.32. The fourth-order valence-electron chi connectivity index (χ4n) is 3.32. The molecule has 1 aliphatic heterocycles. The lowest BCUT2D eigenvalue weighted by molar-refractivity contribution is 0.0567. The van der Waals surface area contributed by atoms with Crippen LogP contribution in [-0.2, 0) is 11.3 Å². The van der Waals surface area contributed by atoms with Crippen LogP contribution in [0.15, 0.2) is 22.6 Å². The van der Waals surface area contributed by atoms with Crippen molar-refractivity contribution in [1.29, 1.82) is 0 Å².